The average molecular weight is 230 g/mol. The van der Waals surface area contributed by atoms with Gasteiger partial charge in [0.25, 0.3) is 0 Å². The molecule has 4 heteroatoms. The molecule has 0 aliphatic rings. The molecule has 0 aromatic carbocycles. The minimum absolute atomic E-state index is 0.430. The molecule has 0 aromatic heterocycles. The monoisotopic (exact) mass is 230 g/mol. The lowest BCUT2D eigenvalue weighted by molar-refractivity contribution is 0.142. The Morgan fingerprint density at radius 1 is 1.31 bits per heavy atom. The summed E-state index contributed by atoms with van der Waals surface area (Å²) in [7, 11) is 0. The van der Waals surface area contributed by atoms with E-state index >= 15 is 0 Å². The number of nitrogens with two attached hydrogens (primary N) is 1. The third-order valence-corrected chi connectivity index (χ3v) is 2.89. The number of carbonyl (C=O) groups is 1. The number of hydrogen-bond donors (Lipinski definition) is 2. The van der Waals surface area contributed by atoms with E-state index in [0.29, 0.717) is 18.6 Å². The first-order valence-corrected chi connectivity index (χ1v) is 6.31. The molecule has 1 amide bonds. The zero-order valence-corrected chi connectivity index (χ0v) is 10.8. The van der Waals surface area contributed by atoms with E-state index in [2.05, 4.69) is 26.1 Å². The van der Waals surface area contributed by atoms with Crippen LogP contribution in [0.25, 0.3) is 0 Å². The summed E-state index contributed by atoms with van der Waals surface area (Å²) in [5.41, 5.74) is 4.94. The Hall–Kier alpha value is -0.770. The number of carbonyl (C=O) groups excluding carboxylic acids is 1. The first kappa shape index (κ1) is 15.2. The highest BCUT2D eigenvalue weighted by molar-refractivity contribution is 5.64. The summed E-state index contributed by atoms with van der Waals surface area (Å²) in [6.07, 6.45) is 3.65. The summed E-state index contributed by atoms with van der Waals surface area (Å²) < 4.78 is 4.79. The van der Waals surface area contributed by atoms with Gasteiger partial charge in [0.05, 0.1) is 6.61 Å². The lowest BCUT2D eigenvalue weighted by Gasteiger charge is -2.26. The van der Waals surface area contributed by atoms with E-state index in [4.69, 9.17) is 10.5 Å². The van der Waals surface area contributed by atoms with Gasteiger partial charge in [0, 0.05) is 6.04 Å². The van der Waals surface area contributed by atoms with Crippen molar-refractivity contribution in [2.45, 2.75) is 52.5 Å². The van der Waals surface area contributed by atoms with Gasteiger partial charge in [-0.2, -0.15) is 0 Å². The Balaban J connectivity index is 4.03. The maximum absolute atomic E-state index is 10.5. The molecule has 16 heavy (non-hydrogen) atoms. The van der Waals surface area contributed by atoms with Crippen LogP contribution in [0.5, 0.6) is 0 Å². The van der Waals surface area contributed by atoms with Gasteiger partial charge in [-0.15, -0.1) is 0 Å². The van der Waals surface area contributed by atoms with Crippen molar-refractivity contribution >= 4 is 6.09 Å². The fourth-order valence-electron chi connectivity index (χ4n) is 2.08. The summed E-state index contributed by atoms with van der Waals surface area (Å²) >= 11 is 0. The summed E-state index contributed by atoms with van der Waals surface area (Å²) in [6.45, 7) is 7.90. The quantitative estimate of drug-likeness (QED) is 0.638. The van der Waals surface area contributed by atoms with E-state index in [-0.39, 0.29) is 0 Å². The topological polar surface area (TPSA) is 64.3 Å². The molecule has 0 aliphatic heterocycles. The second-order valence-corrected chi connectivity index (χ2v) is 4.08. The molecule has 2 atom stereocenters. The smallest absolute Gasteiger partial charge is 0.404 e. The predicted octanol–water partition coefficient (Wildman–Crippen LogP) is 2.28. The number of hydrogen-bond acceptors (Lipinski definition) is 3. The van der Waals surface area contributed by atoms with Crippen LogP contribution in [0.1, 0.15) is 46.5 Å². The number of amides is 1. The second-order valence-electron chi connectivity index (χ2n) is 4.08. The van der Waals surface area contributed by atoms with E-state index in [1.54, 1.807) is 0 Å². The van der Waals surface area contributed by atoms with Gasteiger partial charge in [-0.1, -0.05) is 33.6 Å². The number of ether oxygens (including phenoxy) is 1. The number of rotatable bonds is 9. The molecule has 96 valence electrons. The summed E-state index contributed by atoms with van der Waals surface area (Å²) in [4.78, 5) is 10.5. The van der Waals surface area contributed by atoms with E-state index in [1.807, 2.05) is 0 Å². The molecule has 0 heterocycles. The van der Waals surface area contributed by atoms with Crippen molar-refractivity contribution in [1.82, 2.24) is 5.32 Å². The lowest BCUT2D eigenvalue weighted by Crippen LogP contribution is -2.36. The highest BCUT2D eigenvalue weighted by atomic mass is 16.5. The summed E-state index contributed by atoms with van der Waals surface area (Å²) in [5, 5.41) is 3.50. The maximum Gasteiger partial charge on any atom is 0.404 e. The first-order valence-electron chi connectivity index (χ1n) is 6.31. The Kier molecular flexibility index (Phi) is 9.00. The SMILES string of the molecule is CCCC(NCC)C(CC)CCOC(N)=O. The van der Waals surface area contributed by atoms with Crippen molar-refractivity contribution in [2.24, 2.45) is 11.7 Å². The third kappa shape index (κ3) is 6.67. The largest absolute Gasteiger partial charge is 0.450 e. The second kappa shape index (κ2) is 9.46. The predicted molar refractivity (Wildman–Crippen MR) is 66.3 cm³/mol. The molecule has 4 nitrogen and oxygen atoms in total. The van der Waals surface area contributed by atoms with Gasteiger partial charge in [0.15, 0.2) is 0 Å². The van der Waals surface area contributed by atoms with Crippen molar-refractivity contribution in [3.8, 4) is 0 Å². The Morgan fingerprint density at radius 2 is 2.00 bits per heavy atom. The fourth-order valence-corrected chi connectivity index (χ4v) is 2.08. The van der Waals surface area contributed by atoms with E-state index in [1.165, 1.54) is 12.8 Å². The van der Waals surface area contributed by atoms with Crippen molar-refractivity contribution in [2.75, 3.05) is 13.2 Å². The summed E-state index contributed by atoms with van der Waals surface area (Å²) in [5.74, 6) is 0.555. The van der Waals surface area contributed by atoms with Gasteiger partial charge in [0.2, 0.25) is 0 Å². The minimum atomic E-state index is -0.676. The molecule has 2 unspecified atom stereocenters. The van der Waals surface area contributed by atoms with Crippen LogP contribution in [0.15, 0.2) is 0 Å². The molecule has 0 fully saturated rings. The van der Waals surface area contributed by atoms with E-state index in [9.17, 15) is 4.79 Å². The molecule has 0 spiro atoms. The highest BCUT2D eigenvalue weighted by Gasteiger charge is 2.18. The molecule has 0 bridgehead atoms. The average Bonchev–Trinajstić information content (AvgIpc) is 2.24. The molecule has 0 radical (unpaired) electrons. The van der Waals surface area contributed by atoms with Crippen LogP contribution in [0.4, 0.5) is 4.79 Å². The molecule has 0 saturated carbocycles. The van der Waals surface area contributed by atoms with Crippen LogP contribution in [0.3, 0.4) is 0 Å². The van der Waals surface area contributed by atoms with Gasteiger partial charge in [0.1, 0.15) is 0 Å². The molecule has 0 saturated heterocycles. The molecule has 0 aromatic rings. The molecule has 0 rings (SSSR count). The zero-order valence-electron chi connectivity index (χ0n) is 10.8. The molecular weight excluding hydrogens is 204 g/mol. The van der Waals surface area contributed by atoms with E-state index < -0.39 is 6.09 Å². The standard InChI is InChI=1S/C12H26N2O2/c1-4-7-11(14-6-3)10(5-2)8-9-16-12(13)15/h10-11,14H,4-9H2,1-3H3,(H2,13,15). The van der Waals surface area contributed by atoms with Gasteiger partial charge in [-0.05, 0) is 25.3 Å². The van der Waals surface area contributed by atoms with Crippen LogP contribution in [-0.2, 0) is 4.74 Å². The minimum Gasteiger partial charge on any atom is -0.450 e. The fraction of sp³-hybridized carbons (Fsp3) is 0.917. The van der Waals surface area contributed by atoms with Gasteiger partial charge < -0.3 is 15.8 Å². The van der Waals surface area contributed by atoms with Gasteiger partial charge >= 0.3 is 6.09 Å². The Bertz CT molecular complexity index is 180. The zero-order chi connectivity index (χ0) is 12.4. The van der Waals surface area contributed by atoms with Crippen molar-refractivity contribution in [1.29, 1.82) is 0 Å². The van der Waals surface area contributed by atoms with Crippen LogP contribution < -0.4 is 11.1 Å². The maximum atomic E-state index is 10.5. The van der Waals surface area contributed by atoms with Gasteiger partial charge in [-0.3, -0.25) is 0 Å². The van der Waals surface area contributed by atoms with Crippen LogP contribution >= 0.6 is 0 Å². The molecular formula is C12H26N2O2. The number of primary amides is 1. The highest BCUT2D eigenvalue weighted by Crippen LogP contribution is 2.17. The Labute approximate surface area is 98.9 Å². The van der Waals surface area contributed by atoms with Gasteiger partial charge in [-0.25, -0.2) is 4.79 Å². The van der Waals surface area contributed by atoms with Crippen LogP contribution in [0.2, 0.25) is 0 Å². The van der Waals surface area contributed by atoms with Crippen LogP contribution in [0, 0.1) is 5.92 Å². The van der Waals surface area contributed by atoms with Crippen molar-refractivity contribution in [3.63, 3.8) is 0 Å². The molecule has 0 aliphatic carbocycles. The van der Waals surface area contributed by atoms with Crippen LogP contribution in [-0.4, -0.2) is 25.3 Å². The van der Waals surface area contributed by atoms with Crippen molar-refractivity contribution in [3.05, 3.63) is 0 Å². The normalized spacial score (nSPS) is 14.4. The first-order chi connectivity index (χ1) is 7.65. The molecule has 3 N–H and O–H groups in total. The summed E-state index contributed by atoms with van der Waals surface area (Å²) in [6, 6.07) is 0.525. The third-order valence-electron chi connectivity index (χ3n) is 2.89. The lowest BCUT2D eigenvalue weighted by atomic mass is 9.90. The van der Waals surface area contributed by atoms with Crippen molar-refractivity contribution < 1.29 is 9.53 Å². The number of nitrogens with one attached hydrogen (secondary N) is 1. The Morgan fingerprint density at radius 3 is 2.44 bits per heavy atom. The van der Waals surface area contributed by atoms with E-state index in [0.717, 1.165) is 19.4 Å².